The van der Waals surface area contributed by atoms with E-state index in [2.05, 4.69) is 0 Å². The standard InChI is InChI=1S/C15H12O4/c16-12-7-5-10(6-8-12)15(19)13-4-2-1-3-11(13)9-14(17)18/h1-8,16H,9H2,(H,17,18). The summed E-state index contributed by atoms with van der Waals surface area (Å²) in [6, 6.07) is 12.5. The van der Waals surface area contributed by atoms with Gasteiger partial charge < -0.3 is 10.2 Å². The van der Waals surface area contributed by atoms with E-state index >= 15 is 0 Å². The van der Waals surface area contributed by atoms with Crippen LogP contribution in [0.2, 0.25) is 0 Å². The molecule has 2 aromatic carbocycles. The monoisotopic (exact) mass is 256 g/mol. The lowest BCUT2D eigenvalue weighted by Gasteiger charge is -2.07. The summed E-state index contributed by atoms with van der Waals surface area (Å²) in [6.45, 7) is 0. The van der Waals surface area contributed by atoms with Crippen LogP contribution in [0.1, 0.15) is 21.5 Å². The highest BCUT2D eigenvalue weighted by atomic mass is 16.4. The molecule has 96 valence electrons. The Morgan fingerprint density at radius 2 is 1.58 bits per heavy atom. The summed E-state index contributed by atoms with van der Waals surface area (Å²) < 4.78 is 0. The van der Waals surface area contributed by atoms with Crippen LogP contribution in [0.3, 0.4) is 0 Å². The van der Waals surface area contributed by atoms with Gasteiger partial charge in [-0.25, -0.2) is 0 Å². The second-order valence-electron chi connectivity index (χ2n) is 4.10. The Balaban J connectivity index is 2.38. The quantitative estimate of drug-likeness (QED) is 0.823. The van der Waals surface area contributed by atoms with E-state index in [1.165, 1.54) is 24.3 Å². The summed E-state index contributed by atoms with van der Waals surface area (Å²) in [4.78, 5) is 23.1. The molecule has 0 aliphatic carbocycles. The van der Waals surface area contributed by atoms with E-state index in [1.54, 1.807) is 24.3 Å². The van der Waals surface area contributed by atoms with Crippen molar-refractivity contribution in [2.45, 2.75) is 6.42 Å². The number of hydrogen-bond acceptors (Lipinski definition) is 3. The summed E-state index contributed by atoms with van der Waals surface area (Å²) in [5.74, 6) is -1.15. The van der Waals surface area contributed by atoms with Crippen molar-refractivity contribution in [3.8, 4) is 5.75 Å². The van der Waals surface area contributed by atoms with Crippen molar-refractivity contribution in [1.29, 1.82) is 0 Å². The SMILES string of the molecule is O=C(O)Cc1ccccc1C(=O)c1ccc(O)cc1. The third-order valence-corrected chi connectivity index (χ3v) is 2.73. The number of carbonyl (C=O) groups is 2. The molecular weight excluding hydrogens is 244 g/mol. The third kappa shape index (κ3) is 2.98. The zero-order chi connectivity index (χ0) is 13.8. The number of carboxylic acids is 1. The largest absolute Gasteiger partial charge is 0.508 e. The van der Waals surface area contributed by atoms with Crippen LogP contribution in [0.4, 0.5) is 0 Å². The Kier molecular flexibility index (Phi) is 3.61. The molecule has 0 fully saturated rings. The summed E-state index contributed by atoms with van der Waals surface area (Å²) in [5, 5.41) is 18.0. The van der Waals surface area contributed by atoms with E-state index in [4.69, 9.17) is 5.11 Å². The predicted molar refractivity (Wildman–Crippen MR) is 69.3 cm³/mol. The first-order chi connectivity index (χ1) is 9.08. The number of phenolic OH excluding ortho intramolecular Hbond substituents is 1. The molecule has 0 aromatic heterocycles. The van der Waals surface area contributed by atoms with E-state index in [1.807, 2.05) is 0 Å². The number of aromatic hydroxyl groups is 1. The van der Waals surface area contributed by atoms with Gasteiger partial charge in [-0.2, -0.15) is 0 Å². The van der Waals surface area contributed by atoms with Gasteiger partial charge in [0.15, 0.2) is 5.78 Å². The van der Waals surface area contributed by atoms with Gasteiger partial charge in [-0.1, -0.05) is 24.3 Å². The van der Waals surface area contributed by atoms with Gasteiger partial charge >= 0.3 is 5.97 Å². The molecule has 4 heteroatoms. The van der Waals surface area contributed by atoms with E-state index in [0.29, 0.717) is 16.7 Å². The molecule has 4 nitrogen and oxygen atoms in total. The topological polar surface area (TPSA) is 74.6 Å². The maximum absolute atomic E-state index is 12.3. The van der Waals surface area contributed by atoms with Crippen LogP contribution in [0.25, 0.3) is 0 Å². The van der Waals surface area contributed by atoms with Gasteiger partial charge in [-0.05, 0) is 29.8 Å². The van der Waals surface area contributed by atoms with Gasteiger partial charge in [0.25, 0.3) is 0 Å². The Bertz CT molecular complexity index is 614. The van der Waals surface area contributed by atoms with Gasteiger partial charge in [0.1, 0.15) is 5.75 Å². The summed E-state index contributed by atoms with van der Waals surface area (Å²) in [6.07, 6.45) is -0.194. The van der Waals surface area contributed by atoms with Crippen LogP contribution in [-0.2, 0) is 11.2 Å². The lowest BCUT2D eigenvalue weighted by atomic mass is 9.96. The normalized spacial score (nSPS) is 10.1. The number of carboxylic acid groups (broad SMARTS) is 1. The number of hydrogen-bond donors (Lipinski definition) is 2. The zero-order valence-corrected chi connectivity index (χ0v) is 10.0. The molecule has 2 N–H and O–H groups in total. The highest BCUT2D eigenvalue weighted by molar-refractivity contribution is 6.10. The first-order valence-corrected chi connectivity index (χ1v) is 5.71. The lowest BCUT2D eigenvalue weighted by molar-refractivity contribution is -0.136. The molecular formula is C15H12O4. The maximum Gasteiger partial charge on any atom is 0.307 e. The Morgan fingerprint density at radius 1 is 0.947 bits per heavy atom. The van der Waals surface area contributed by atoms with Gasteiger partial charge in [-0.15, -0.1) is 0 Å². The summed E-state index contributed by atoms with van der Waals surface area (Å²) in [7, 11) is 0. The van der Waals surface area contributed by atoms with Gasteiger partial charge in [0, 0.05) is 11.1 Å². The molecule has 0 spiro atoms. The molecule has 19 heavy (non-hydrogen) atoms. The van der Waals surface area contributed by atoms with Crippen LogP contribution >= 0.6 is 0 Å². The molecule has 2 rings (SSSR count). The van der Waals surface area contributed by atoms with Crippen molar-refractivity contribution in [2.75, 3.05) is 0 Å². The van der Waals surface area contributed by atoms with Crippen molar-refractivity contribution in [3.05, 3.63) is 65.2 Å². The minimum atomic E-state index is -0.981. The molecule has 0 aliphatic heterocycles. The Morgan fingerprint density at radius 3 is 2.21 bits per heavy atom. The van der Waals surface area contributed by atoms with Crippen LogP contribution in [0, 0.1) is 0 Å². The van der Waals surface area contributed by atoms with Crippen LogP contribution < -0.4 is 0 Å². The van der Waals surface area contributed by atoms with Crippen molar-refractivity contribution < 1.29 is 19.8 Å². The van der Waals surface area contributed by atoms with Gasteiger partial charge in [0.05, 0.1) is 6.42 Å². The van der Waals surface area contributed by atoms with Crippen molar-refractivity contribution >= 4 is 11.8 Å². The van der Waals surface area contributed by atoms with Crippen molar-refractivity contribution in [1.82, 2.24) is 0 Å². The maximum atomic E-state index is 12.3. The molecule has 2 aromatic rings. The van der Waals surface area contributed by atoms with Crippen molar-refractivity contribution in [2.24, 2.45) is 0 Å². The summed E-state index contributed by atoms with van der Waals surface area (Å²) >= 11 is 0. The van der Waals surface area contributed by atoms with Gasteiger partial charge in [-0.3, -0.25) is 9.59 Å². The summed E-state index contributed by atoms with van der Waals surface area (Å²) in [5.41, 5.74) is 1.26. The van der Waals surface area contributed by atoms with E-state index in [-0.39, 0.29) is 18.0 Å². The zero-order valence-electron chi connectivity index (χ0n) is 10.0. The molecule has 0 bridgehead atoms. The second kappa shape index (κ2) is 5.35. The Labute approximate surface area is 109 Å². The predicted octanol–water partition coefficient (Wildman–Crippen LogP) is 2.25. The van der Waals surface area contributed by atoms with Crippen LogP contribution in [0.5, 0.6) is 5.75 Å². The molecule has 0 saturated carbocycles. The van der Waals surface area contributed by atoms with E-state index in [9.17, 15) is 14.7 Å². The third-order valence-electron chi connectivity index (χ3n) is 2.73. The molecule has 0 saturated heterocycles. The van der Waals surface area contributed by atoms with Crippen molar-refractivity contribution in [3.63, 3.8) is 0 Å². The number of benzene rings is 2. The average Bonchev–Trinajstić information content (AvgIpc) is 2.39. The van der Waals surface area contributed by atoms with Crippen LogP contribution in [0.15, 0.2) is 48.5 Å². The number of aliphatic carboxylic acids is 1. The highest BCUT2D eigenvalue weighted by Crippen LogP contribution is 2.17. The number of phenols is 1. The minimum absolute atomic E-state index is 0.0790. The fourth-order valence-corrected chi connectivity index (χ4v) is 1.83. The number of rotatable bonds is 4. The Hall–Kier alpha value is -2.62. The minimum Gasteiger partial charge on any atom is -0.508 e. The average molecular weight is 256 g/mol. The molecule has 0 unspecified atom stereocenters. The lowest BCUT2D eigenvalue weighted by Crippen LogP contribution is -2.09. The number of ketones is 1. The smallest absolute Gasteiger partial charge is 0.307 e. The molecule has 0 amide bonds. The molecule has 0 aliphatic rings. The van der Waals surface area contributed by atoms with Crippen LogP contribution in [-0.4, -0.2) is 22.0 Å². The van der Waals surface area contributed by atoms with E-state index in [0.717, 1.165) is 0 Å². The van der Waals surface area contributed by atoms with E-state index < -0.39 is 5.97 Å². The molecule has 0 atom stereocenters. The highest BCUT2D eigenvalue weighted by Gasteiger charge is 2.14. The second-order valence-corrected chi connectivity index (χ2v) is 4.10. The van der Waals surface area contributed by atoms with Gasteiger partial charge in [0.2, 0.25) is 0 Å². The fourth-order valence-electron chi connectivity index (χ4n) is 1.83. The fraction of sp³-hybridized carbons (Fsp3) is 0.0667. The molecule has 0 radical (unpaired) electrons. The number of carbonyl (C=O) groups excluding carboxylic acids is 1. The first-order valence-electron chi connectivity index (χ1n) is 5.71. The molecule has 0 heterocycles. The first kappa shape index (κ1) is 12.8.